The van der Waals surface area contributed by atoms with Crippen LogP contribution >= 0.6 is 0 Å². The zero-order chi connectivity index (χ0) is 12.3. The Balaban J connectivity index is 3.38. The second-order valence-electron chi connectivity index (χ2n) is 2.60. The van der Waals surface area contributed by atoms with Gasteiger partial charge in [-0.05, 0) is 12.1 Å². The Morgan fingerprint density at radius 3 is 2.31 bits per heavy atom. The van der Waals surface area contributed by atoms with Crippen LogP contribution < -0.4 is 4.84 Å². The predicted octanol–water partition coefficient (Wildman–Crippen LogP) is 0.653. The number of carboxylic acids is 2. The second kappa shape index (κ2) is 4.26. The van der Waals surface area contributed by atoms with Crippen LogP contribution in [0.25, 0.3) is 0 Å². The minimum absolute atomic E-state index is 0.577. The van der Waals surface area contributed by atoms with E-state index in [2.05, 4.69) is 4.84 Å². The second-order valence-corrected chi connectivity index (χ2v) is 2.60. The molecule has 1 aromatic carbocycles. The lowest BCUT2D eigenvalue weighted by Gasteiger charge is -2.06. The van der Waals surface area contributed by atoms with Crippen LogP contribution in [0.1, 0.15) is 20.7 Å². The van der Waals surface area contributed by atoms with Crippen molar-refractivity contribution in [1.29, 1.82) is 0 Å². The van der Waals surface area contributed by atoms with Gasteiger partial charge in [-0.3, -0.25) is 4.84 Å². The topological polar surface area (TPSA) is 127 Å². The molecule has 0 aliphatic carbocycles. The maximum absolute atomic E-state index is 10.8. The standard InChI is InChI=1S/C8H5NO7/c10-7(11)4-2-1-3-5(16-9(14)15)6(4)8(12)13/h1-3H,(H,10,11)(H,12,13). The summed E-state index contributed by atoms with van der Waals surface area (Å²) >= 11 is 0. The first-order valence-corrected chi connectivity index (χ1v) is 3.85. The fourth-order valence-electron chi connectivity index (χ4n) is 1.09. The molecule has 0 radical (unpaired) electrons. The van der Waals surface area contributed by atoms with Crippen LogP contribution in [0, 0.1) is 10.1 Å². The van der Waals surface area contributed by atoms with E-state index >= 15 is 0 Å². The molecule has 0 saturated carbocycles. The molecule has 0 fully saturated rings. The summed E-state index contributed by atoms with van der Waals surface area (Å²) in [4.78, 5) is 35.5. The number of rotatable bonds is 4. The first-order chi connectivity index (χ1) is 7.43. The summed E-state index contributed by atoms with van der Waals surface area (Å²) in [5, 5.41) is 26.3. The highest BCUT2D eigenvalue weighted by Crippen LogP contribution is 2.22. The van der Waals surface area contributed by atoms with Gasteiger partial charge in [0.25, 0.3) is 5.09 Å². The number of benzene rings is 1. The van der Waals surface area contributed by atoms with Crippen molar-refractivity contribution in [3.05, 3.63) is 39.4 Å². The molecule has 0 atom stereocenters. The predicted molar refractivity (Wildman–Crippen MR) is 48.0 cm³/mol. The largest absolute Gasteiger partial charge is 0.478 e. The van der Waals surface area contributed by atoms with E-state index < -0.39 is 33.9 Å². The Morgan fingerprint density at radius 1 is 1.25 bits per heavy atom. The van der Waals surface area contributed by atoms with Crippen LogP contribution in [0.3, 0.4) is 0 Å². The van der Waals surface area contributed by atoms with Crippen LogP contribution in [-0.4, -0.2) is 27.2 Å². The molecule has 16 heavy (non-hydrogen) atoms. The Hall–Kier alpha value is -2.64. The van der Waals surface area contributed by atoms with Gasteiger partial charge in [0.15, 0.2) is 0 Å². The van der Waals surface area contributed by atoms with Crippen molar-refractivity contribution in [1.82, 2.24) is 0 Å². The third-order valence-corrected chi connectivity index (χ3v) is 1.64. The summed E-state index contributed by atoms with van der Waals surface area (Å²) in [5.41, 5.74) is -1.33. The van der Waals surface area contributed by atoms with E-state index in [1.165, 1.54) is 0 Å². The third kappa shape index (κ3) is 2.23. The Kier molecular flexibility index (Phi) is 3.04. The third-order valence-electron chi connectivity index (χ3n) is 1.64. The van der Waals surface area contributed by atoms with Crippen molar-refractivity contribution >= 4 is 11.9 Å². The van der Waals surface area contributed by atoms with Gasteiger partial charge in [-0.25, -0.2) is 9.59 Å². The minimum atomic E-state index is -1.62. The molecular formula is C8H5NO7. The first-order valence-electron chi connectivity index (χ1n) is 3.85. The quantitative estimate of drug-likeness (QED) is 0.570. The van der Waals surface area contributed by atoms with E-state index in [9.17, 15) is 19.7 Å². The van der Waals surface area contributed by atoms with Crippen molar-refractivity contribution in [3.8, 4) is 5.75 Å². The van der Waals surface area contributed by atoms with Gasteiger partial charge in [0.2, 0.25) is 0 Å². The van der Waals surface area contributed by atoms with Crippen LogP contribution in [0.5, 0.6) is 5.75 Å². The zero-order valence-electron chi connectivity index (χ0n) is 7.61. The number of aromatic carboxylic acids is 2. The van der Waals surface area contributed by atoms with Crippen molar-refractivity contribution in [3.63, 3.8) is 0 Å². The van der Waals surface area contributed by atoms with E-state index in [0.29, 0.717) is 0 Å². The molecule has 0 aliphatic rings. The lowest BCUT2D eigenvalue weighted by molar-refractivity contribution is -0.711. The molecule has 1 rings (SSSR count). The Morgan fingerprint density at radius 2 is 1.88 bits per heavy atom. The summed E-state index contributed by atoms with van der Waals surface area (Å²) < 4.78 is 0. The highest BCUT2D eigenvalue weighted by molar-refractivity contribution is 6.03. The molecule has 8 heteroatoms. The molecule has 8 nitrogen and oxygen atoms in total. The molecule has 0 bridgehead atoms. The molecule has 0 saturated heterocycles. The SMILES string of the molecule is O=C(O)c1cccc(O[N+](=O)[O-])c1C(=O)O. The molecule has 0 aromatic heterocycles. The maximum atomic E-state index is 10.8. The van der Waals surface area contributed by atoms with E-state index in [4.69, 9.17) is 10.2 Å². The molecule has 84 valence electrons. The lowest BCUT2D eigenvalue weighted by atomic mass is 10.1. The van der Waals surface area contributed by atoms with Crippen LogP contribution in [0.15, 0.2) is 18.2 Å². The Bertz CT molecular complexity index is 467. The molecule has 0 spiro atoms. The summed E-state index contributed by atoms with van der Waals surface area (Å²) in [6, 6.07) is 3.16. The van der Waals surface area contributed by atoms with E-state index in [0.717, 1.165) is 18.2 Å². The Labute approximate surface area is 87.8 Å². The first kappa shape index (κ1) is 11.4. The van der Waals surface area contributed by atoms with Gasteiger partial charge in [-0.2, -0.15) is 0 Å². The smallest absolute Gasteiger partial charge is 0.338 e. The highest BCUT2D eigenvalue weighted by Gasteiger charge is 2.21. The van der Waals surface area contributed by atoms with Crippen molar-refractivity contribution in [2.45, 2.75) is 0 Å². The number of carboxylic acid groups (broad SMARTS) is 2. The molecule has 0 heterocycles. The van der Waals surface area contributed by atoms with Gasteiger partial charge in [0.05, 0.1) is 5.56 Å². The number of hydrogen-bond donors (Lipinski definition) is 2. The fourth-order valence-corrected chi connectivity index (χ4v) is 1.09. The number of hydrogen-bond acceptors (Lipinski definition) is 5. The van der Waals surface area contributed by atoms with E-state index in [-0.39, 0.29) is 0 Å². The zero-order valence-corrected chi connectivity index (χ0v) is 7.61. The summed E-state index contributed by atoms with van der Waals surface area (Å²) in [5.74, 6) is -3.75. The number of nitrogens with zero attached hydrogens (tertiary/aromatic N) is 1. The average molecular weight is 227 g/mol. The van der Waals surface area contributed by atoms with Gasteiger partial charge in [-0.1, -0.05) is 6.07 Å². The van der Waals surface area contributed by atoms with Crippen LogP contribution in [0.4, 0.5) is 0 Å². The van der Waals surface area contributed by atoms with Crippen molar-refractivity contribution in [2.24, 2.45) is 0 Å². The van der Waals surface area contributed by atoms with Gasteiger partial charge < -0.3 is 10.2 Å². The summed E-state index contributed by atoms with van der Waals surface area (Å²) in [6.45, 7) is 0. The summed E-state index contributed by atoms with van der Waals surface area (Å²) in [6.07, 6.45) is 0. The van der Waals surface area contributed by atoms with Gasteiger partial charge in [0, 0.05) is 0 Å². The van der Waals surface area contributed by atoms with Gasteiger partial charge >= 0.3 is 11.9 Å². The maximum Gasteiger partial charge on any atom is 0.338 e. The molecule has 0 amide bonds. The fraction of sp³-hybridized carbons (Fsp3) is 0. The van der Waals surface area contributed by atoms with E-state index in [1.807, 2.05) is 0 Å². The van der Waals surface area contributed by atoms with Crippen LogP contribution in [-0.2, 0) is 0 Å². The number of carbonyl (C=O) groups is 2. The average Bonchev–Trinajstić information content (AvgIpc) is 2.15. The van der Waals surface area contributed by atoms with Crippen LogP contribution in [0.2, 0.25) is 0 Å². The summed E-state index contributed by atoms with van der Waals surface area (Å²) in [7, 11) is 0. The van der Waals surface area contributed by atoms with E-state index in [1.54, 1.807) is 0 Å². The van der Waals surface area contributed by atoms with Crippen molar-refractivity contribution < 1.29 is 29.7 Å². The lowest BCUT2D eigenvalue weighted by Crippen LogP contribution is -2.13. The highest BCUT2D eigenvalue weighted by atomic mass is 17.0. The molecule has 2 N–H and O–H groups in total. The monoisotopic (exact) mass is 227 g/mol. The van der Waals surface area contributed by atoms with Crippen molar-refractivity contribution in [2.75, 3.05) is 0 Å². The van der Waals surface area contributed by atoms with Gasteiger partial charge in [-0.15, -0.1) is 10.1 Å². The molecule has 0 aliphatic heterocycles. The van der Waals surface area contributed by atoms with Gasteiger partial charge in [0.1, 0.15) is 11.3 Å². The molecule has 1 aromatic rings. The molecule has 0 unspecified atom stereocenters. The minimum Gasteiger partial charge on any atom is -0.478 e. The normalized spacial score (nSPS) is 9.50. The molecular weight excluding hydrogens is 222 g/mol.